The molecular formula is C15H31NO. The van der Waals surface area contributed by atoms with Crippen LogP contribution in [0, 0.1) is 5.92 Å². The minimum atomic E-state index is 0.572. The number of hydrogen-bond donors (Lipinski definition) is 1. The SMILES string of the molecule is CCNC(CCCC1CCCO1)CCC(C)C. The van der Waals surface area contributed by atoms with E-state index in [1.54, 1.807) is 0 Å². The lowest BCUT2D eigenvalue weighted by Crippen LogP contribution is -2.29. The Kier molecular flexibility index (Phi) is 7.87. The zero-order chi connectivity index (χ0) is 12.5. The quantitative estimate of drug-likeness (QED) is 0.664. The molecule has 1 rings (SSSR count). The van der Waals surface area contributed by atoms with Crippen molar-refractivity contribution in [1.82, 2.24) is 5.32 Å². The lowest BCUT2D eigenvalue weighted by atomic mass is 9.98. The van der Waals surface area contributed by atoms with E-state index in [-0.39, 0.29) is 0 Å². The molecule has 1 fully saturated rings. The molecule has 0 aromatic rings. The van der Waals surface area contributed by atoms with Gasteiger partial charge in [-0.25, -0.2) is 0 Å². The lowest BCUT2D eigenvalue weighted by molar-refractivity contribution is 0.101. The van der Waals surface area contributed by atoms with Crippen LogP contribution in [0.4, 0.5) is 0 Å². The van der Waals surface area contributed by atoms with Gasteiger partial charge in [0.2, 0.25) is 0 Å². The van der Waals surface area contributed by atoms with Gasteiger partial charge in [0.15, 0.2) is 0 Å². The fourth-order valence-corrected chi connectivity index (χ4v) is 2.64. The molecule has 1 aliphatic heterocycles. The van der Waals surface area contributed by atoms with Crippen LogP contribution in [0.2, 0.25) is 0 Å². The third-order valence-electron chi connectivity index (χ3n) is 3.69. The van der Waals surface area contributed by atoms with Gasteiger partial charge in [0.05, 0.1) is 6.10 Å². The van der Waals surface area contributed by atoms with E-state index in [9.17, 15) is 0 Å². The van der Waals surface area contributed by atoms with Crippen LogP contribution < -0.4 is 5.32 Å². The van der Waals surface area contributed by atoms with Gasteiger partial charge in [0.1, 0.15) is 0 Å². The molecular weight excluding hydrogens is 210 g/mol. The van der Waals surface area contributed by atoms with Crippen molar-refractivity contribution in [2.24, 2.45) is 5.92 Å². The summed E-state index contributed by atoms with van der Waals surface area (Å²) in [6.45, 7) is 8.94. The number of hydrogen-bond acceptors (Lipinski definition) is 2. The first-order valence-electron chi connectivity index (χ1n) is 7.57. The van der Waals surface area contributed by atoms with Gasteiger partial charge in [-0.3, -0.25) is 0 Å². The average molecular weight is 241 g/mol. The van der Waals surface area contributed by atoms with Crippen LogP contribution in [0.1, 0.15) is 65.7 Å². The summed E-state index contributed by atoms with van der Waals surface area (Å²) in [5.41, 5.74) is 0. The molecule has 0 spiro atoms. The molecule has 1 aliphatic rings. The average Bonchev–Trinajstić information content (AvgIpc) is 2.78. The molecule has 2 atom stereocenters. The van der Waals surface area contributed by atoms with Crippen molar-refractivity contribution in [3.05, 3.63) is 0 Å². The second kappa shape index (κ2) is 8.93. The van der Waals surface area contributed by atoms with Crippen LogP contribution in [0.3, 0.4) is 0 Å². The zero-order valence-electron chi connectivity index (χ0n) is 12.0. The standard InChI is InChI=1S/C15H31NO/c1-4-16-14(11-10-13(2)3)7-5-8-15-9-6-12-17-15/h13-16H,4-12H2,1-3H3. The molecule has 0 aliphatic carbocycles. The Morgan fingerprint density at radius 2 is 2.06 bits per heavy atom. The lowest BCUT2D eigenvalue weighted by Gasteiger charge is -2.19. The highest BCUT2D eigenvalue weighted by Gasteiger charge is 2.16. The van der Waals surface area contributed by atoms with Gasteiger partial charge < -0.3 is 10.1 Å². The third-order valence-corrected chi connectivity index (χ3v) is 3.69. The smallest absolute Gasteiger partial charge is 0.0576 e. The van der Waals surface area contributed by atoms with Crippen LogP contribution in [0.5, 0.6) is 0 Å². The largest absolute Gasteiger partial charge is 0.378 e. The number of nitrogens with one attached hydrogen (secondary N) is 1. The van der Waals surface area contributed by atoms with E-state index in [4.69, 9.17) is 4.74 Å². The highest BCUT2D eigenvalue weighted by atomic mass is 16.5. The molecule has 1 saturated heterocycles. The Labute approximate surface area is 108 Å². The van der Waals surface area contributed by atoms with E-state index in [2.05, 4.69) is 26.1 Å². The van der Waals surface area contributed by atoms with Gasteiger partial charge in [-0.2, -0.15) is 0 Å². The fraction of sp³-hybridized carbons (Fsp3) is 1.00. The van der Waals surface area contributed by atoms with E-state index in [0.29, 0.717) is 6.10 Å². The maximum absolute atomic E-state index is 5.67. The molecule has 0 amide bonds. The molecule has 0 saturated carbocycles. The summed E-state index contributed by atoms with van der Waals surface area (Å²) in [4.78, 5) is 0. The number of rotatable bonds is 9. The van der Waals surface area contributed by atoms with Gasteiger partial charge in [-0.15, -0.1) is 0 Å². The maximum atomic E-state index is 5.67. The van der Waals surface area contributed by atoms with Gasteiger partial charge in [-0.05, 0) is 57.4 Å². The molecule has 2 unspecified atom stereocenters. The van der Waals surface area contributed by atoms with E-state index >= 15 is 0 Å². The van der Waals surface area contributed by atoms with Gasteiger partial charge in [-0.1, -0.05) is 20.8 Å². The Morgan fingerprint density at radius 3 is 2.65 bits per heavy atom. The van der Waals surface area contributed by atoms with E-state index in [1.807, 2.05) is 0 Å². The second-order valence-corrected chi connectivity index (χ2v) is 5.79. The van der Waals surface area contributed by atoms with Crippen molar-refractivity contribution >= 4 is 0 Å². The molecule has 0 bridgehead atoms. The Hall–Kier alpha value is -0.0800. The maximum Gasteiger partial charge on any atom is 0.0576 e. The van der Waals surface area contributed by atoms with E-state index < -0.39 is 0 Å². The van der Waals surface area contributed by atoms with E-state index in [1.165, 1.54) is 44.9 Å². The fourth-order valence-electron chi connectivity index (χ4n) is 2.64. The predicted molar refractivity (Wildman–Crippen MR) is 74.4 cm³/mol. The predicted octanol–water partition coefficient (Wildman–Crippen LogP) is 3.75. The summed E-state index contributed by atoms with van der Waals surface area (Å²) in [5.74, 6) is 0.828. The molecule has 0 aromatic heterocycles. The Balaban J connectivity index is 2.09. The molecule has 102 valence electrons. The topological polar surface area (TPSA) is 21.3 Å². The second-order valence-electron chi connectivity index (χ2n) is 5.79. The molecule has 1 N–H and O–H groups in total. The summed E-state index contributed by atoms with van der Waals surface area (Å²) in [7, 11) is 0. The first-order valence-corrected chi connectivity index (χ1v) is 7.57. The monoisotopic (exact) mass is 241 g/mol. The van der Waals surface area contributed by atoms with Crippen molar-refractivity contribution in [1.29, 1.82) is 0 Å². The summed E-state index contributed by atoms with van der Waals surface area (Å²) in [5, 5.41) is 3.62. The van der Waals surface area contributed by atoms with Crippen LogP contribution in [0.25, 0.3) is 0 Å². The normalized spacial score (nSPS) is 22.2. The Bertz CT molecular complexity index is 176. The van der Waals surface area contributed by atoms with Crippen molar-refractivity contribution in [3.63, 3.8) is 0 Å². The van der Waals surface area contributed by atoms with Gasteiger partial charge in [0.25, 0.3) is 0 Å². The zero-order valence-corrected chi connectivity index (χ0v) is 12.0. The first kappa shape index (κ1) is 15.0. The minimum Gasteiger partial charge on any atom is -0.378 e. The summed E-state index contributed by atoms with van der Waals surface area (Å²) in [6.07, 6.45) is 9.72. The Morgan fingerprint density at radius 1 is 1.24 bits per heavy atom. The van der Waals surface area contributed by atoms with Crippen LogP contribution >= 0.6 is 0 Å². The molecule has 17 heavy (non-hydrogen) atoms. The van der Waals surface area contributed by atoms with Gasteiger partial charge >= 0.3 is 0 Å². The van der Waals surface area contributed by atoms with Crippen LogP contribution in [0.15, 0.2) is 0 Å². The molecule has 1 heterocycles. The first-order chi connectivity index (χ1) is 8.22. The summed E-state index contributed by atoms with van der Waals surface area (Å²) >= 11 is 0. The molecule has 0 aromatic carbocycles. The molecule has 2 heteroatoms. The van der Waals surface area contributed by atoms with Crippen molar-refractivity contribution in [3.8, 4) is 0 Å². The molecule has 2 nitrogen and oxygen atoms in total. The summed E-state index contributed by atoms with van der Waals surface area (Å²) in [6, 6.07) is 0.726. The van der Waals surface area contributed by atoms with Gasteiger partial charge in [0, 0.05) is 12.6 Å². The highest BCUT2D eigenvalue weighted by Crippen LogP contribution is 2.19. The van der Waals surface area contributed by atoms with Crippen LogP contribution in [-0.2, 0) is 4.74 Å². The summed E-state index contributed by atoms with van der Waals surface area (Å²) < 4.78 is 5.67. The van der Waals surface area contributed by atoms with E-state index in [0.717, 1.165) is 25.1 Å². The highest BCUT2D eigenvalue weighted by molar-refractivity contribution is 4.70. The van der Waals surface area contributed by atoms with Crippen molar-refractivity contribution < 1.29 is 4.74 Å². The van der Waals surface area contributed by atoms with Crippen molar-refractivity contribution in [2.45, 2.75) is 77.9 Å². The minimum absolute atomic E-state index is 0.572. The third kappa shape index (κ3) is 7.05. The van der Waals surface area contributed by atoms with Crippen LogP contribution in [-0.4, -0.2) is 25.3 Å². The number of ether oxygens (including phenoxy) is 1. The molecule has 0 radical (unpaired) electrons. The van der Waals surface area contributed by atoms with Crippen molar-refractivity contribution in [2.75, 3.05) is 13.2 Å².